The van der Waals surface area contributed by atoms with Gasteiger partial charge in [0.2, 0.25) is 0 Å². The Labute approximate surface area is 103 Å². The van der Waals surface area contributed by atoms with Gasteiger partial charge in [0.25, 0.3) is 0 Å². The van der Waals surface area contributed by atoms with Gasteiger partial charge in [0.1, 0.15) is 10.3 Å². The number of fused-ring (bicyclic) bond motifs is 1. The van der Waals surface area contributed by atoms with Crippen LogP contribution < -0.4 is 0 Å². The summed E-state index contributed by atoms with van der Waals surface area (Å²) in [5.41, 5.74) is 2.94. The second kappa shape index (κ2) is 4.05. The van der Waals surface area contributed by atoms with E-state index in [9.17, 15) is 0 Å². The van der Waals surface area contributed by atoms with Crippen LogP contribution in [-0.4, -0.2) is 26.4 Å². The van der Waals surface area contributed by atoms with Crippen LogP contribution in [0.25, 0.3) is 11.5 Å². The van der Waals surface area contributed by atoms with Gasteiger partial charge >= 0.3 is 0 Å². The molecular formula is C11H12N4OS. The van der Waals surface area contributed by atoms with Gasteiger partial charge < -0.3 is 9.72 Å². The van der Waals surface area contributed by atoms with Crippen molar-refractivity contribution in [2.45, 2.75) is 13.0 Å². The molecule has 2 aromatic rings. The van der Waals surface area contributed by atoms with Crippen LogP contribution in [0.15, 0.2) is 12.3 Å². The lowest BCUT2D eigenvalue weighted by molar-refractivity contribution is 0.108. The first-order valence-corrected chi connectivity index (χ1v) is 5.85. The summed E-state index contributed by atoms with van der Waals surface area (Å²) >= 11 is 5.29. The predicted molar refractivity (Wildman–Crippen MR) is 65.0 cm³/mol. The van der Waals surface area contributed by atoms with Gasteiger partial charge in [-0.3, -0.25) is 4.68 Å². The number of ether oxygens (including phenoxy) is 1. The lowest BCUT2D eigenvalue weighted by Gasteiger charge is -2.16. The molecule has 0 saturated carbocycles. The van der Waals surface area contributed by atoms with Crippen molar-refractivity contribution in [3.8, 4) is 11.5 Å². The average molecular weight is 248 g/mol. The topological polar surface area (TPSA) is 55.7 Å². The second-order valence-corrected chi connectivity index (χ2v) is 4.41. The molecular weight excluding hydrogens is 236 g/mol. The minimum absolute atomic E-state index is 0.556. The van der Waals surface area contributed by atoms with E-state index in [2.05, 4.69) is 15.1 Å². The first-order valence-electron chi connectivity index (χ1n) is 5.44. The maximum absolute atomic E-state index is 5.38. The zero-order valence-corrected chi connectivity index (χ0v) is 10.3. The summed E-state index contributed by atoms with van der Waals surface area (Å²) < 4.78 is 7.74. The molecule has 0 amide bonds. The van der Waals surface area contributed by atoms with Crippen LogP contribution in [0, 0.1) is 4.64 Å². The Morgan fingerprint density at radius 3 is 3.18 bits per heavy atom. The molecule has 0 saturated heterocycles. The number of hydrogen-bond acceptors (Lipinski definition) is 4. The van der Waals surface area contributed by atoms with Crippen molar-refractivity contribution < 1.29 is 4.74 Å². The van der Waals surface area contributed by atoms with Crippen LogP contribution in [0.4, 0.5) is 0 Å². The van der Waals surface area contributed by atoms with E-state index in [0.717, 1.165) is 35.8 Å². The summed E-state index contributed by atoms with van der Waals surface area (Å²) in [5.74, 6) is 0.733. The third-order valence-corrected chi connectivity index (χ3v) is 3.14. The van der Waals surface area contributed by atoms with E-state index >= 15 is 0 Å². The SMILES string of the molecule is Cn1ccc(-c2nc(=S)c3c([nH]2)CCOC3)n1. The molecule has 88 valence electrons. The van der Waals surface area contributed by atoms with E-state index in [0.29, 0.717) is 11.2 Å². The molecule has 0 aliphatic carbocycles. The number of nitrogens with one attached hydrogen (secondary N) is 1. The van der Waals surface area contributed by atoms with E-state index in [1.807, 2.05) is 19.3 Å². The number of nitrogens with zero attached hydrogens (tertiary/aromatic N) is 3. The van der Waals surface area contributed by atoms with Gasteiger partial charge in [-0.1, -0.05) is 12.2 Å². The van der Waals surface area contributed by atoms with E-state index in [-0.39, 0.29) is 0 Å². The Kier molecular flexibility index (Phi) is 2.53. The van der Waals surface area contributed by atoms with Crippen molar-refractivity contribution in [3.05, 3.63) is 28.2 Å². The highest BCUT2D eigenvalue weighted by molar-refractivity contribution is 7.71. The number of aryl methyl sites for hydroxylation is 1. The van der Waals surface area contributed by atoms with E-state index < -0.39 is 0 Å². The van der Waals surface area contributed by atoms with Crippen LogP contribution in [0.1, 0.15) is 11.3 Å². The highest BCUT2D eigenvalue weighted by atomic mass is 32.1. The van der Waals surface area contributed by atoms with Crippen molar-refractivity contribution in [3.63, 3.8) is 0 Å². The van der Waals surface area contributed by atoms with Gasteiger partial charge in [0.05, 0.1) is 13.2 Å². The molecule has 2 aromatic heterocycles. The Balaban J connectivity index is 2.13. The maximum Gasteiger partial charge on any atom is 0.159 e. The molecule has 5 nitrogen and oxygen atoms in total. The van der Waals surface area contributed by atoms with Crippen LogP contribution >= 0.6 is 12.2 Å². The van der Waals surface area contributed by atoms with Crippen LogP contribution in [0.3, 0.4) is 0 Å². The first kappa shape index (κ1) is 10.6. The number of rotatable bonds is 1. The fourth-order valence-electron chi connectivity index (χ4n) is 1.92. The molecule has 0 radical (unpaired) electrons. The van der Waals surface area contributed by atoms with Crippen molar-refractivity contribution in [1.82, 2.24) is 19.7 Å². The number of aromatic nitrogens is 4. The molecule has 3 rings (SSSR count). The van der Waals surface area contributed by atoms with Gasteiger partial charge in [-0.05, 0) is 6.07 Å². The predicted octanol–water partition coefficient (Wildman–Crippen LogP) is 1.61. The van der Waals surface area contributed by atoms with Crippen LogP contribution in [-0.2, 0) is 24.8 Å². The van der Waals surface area contributed by atoms with Gasteiger partial charge in [-0.2, -0.15) is 5.10 Å². The van der Waals surface area contributed by atoms with Gasteiger partial charge in [0.15, 0.2) is 5.82 Å². The second-order valence-electron chi connectivity index (χ2n) is 4.02. The standard InChI is InChI=1S/C11H12N4OS/c1-15-4-2-9(14-15)10-12-8-3-5-16-6-7(8)11(17)13-10/h2,4H,3,5-6H2,1H3,(H,12,13,17). The fraction of sp³-hybridized carbons (Fsp3) is 0.364. The molecule has 17 heavy (non-hydrogen) atoms. The minimum atomic E-state index is 0.556. The minimum Gasteiger partial charge on any atom is -0.376 e. The smallest absolute Gasteiger partial charge is 0.159 e. The first-order chi connectivity index (χ1) is 8.24. The zero-order chi connectivity index (χ0) is 11.8. The molecule has 0 unspecified atom stereocenters. The highest BCUT2D eigenvalue weighted by Gasteiger charge is 2.15. The largest absolute Gasteiger partial charge is 0.376 e. The van der Waals surface area contributed by atoms with E-state index in [4.69, 9.17) is 17.0 Å². The summed E-state index contributed by atoms with van der Waals surface area (Å²) in [6.07, 6.45) is 2.73. The van der Waals surface area contributed by atoms with Gasteiger partial charge in [0, 0.05) is 30.9 Å². The summed E-state index contributed by atoms with van der Waals surface area (Å²) in [4.78, 5) is 7.68. The van der Waals surface area contributed by atoms with E-state index in [1.54, 1.807) is 4.68 Å². The summed E-state index contributed by atoms with van der Waals surface area (Å²) in [6.45, 7) is 1.28. The summed E-state index contributed by atoms with van der Waals surface area (Å²) in [5, 5.41) is 4.32. The van der Waals surface area contributed by atoms with Gasteiger partial charge in [-0.15, -0.1) is 0 Å². The third-order valence-electron chi connectivity index (χ3n) is 2.80. The Hall–Kier alpha value is -1.53. The van der Waals surface area contributed by atoms with Crippen LogP contribution in [0.2, 0.25) is 0 Å². The monoisotopic (exact) mass is 248 g/mol. The van der Waals surface area contributed by atoms with Crippen molar-refractivity contribution in [1.29, 1.82) is 0 Å². The number of H-pyrrole nitrogens is 1. The Morgan fingerprint density at radius 1 is 1.53 bits per heavy atom. The molecule has 3 heterocycles. The number of hydrogen-bond donors (Lipinski definition) is 1. The zero-order valence-electron chi connectivity index (χ0n) is 9.43. The molecule has 1 N–H and O–H groups in total. The normalized spacial score (nSPS) is 14.6. The molecule has 1 aliphatic rings. The van der Waals surface area contributed by atoms with Crippen molar-refractivity contribution in [2.75, 3.05) is 6.61 Å². The maximum atomic E-state index is 5.38. The molecule has 0 spiro atoms. The molecule has 0 fully saturated rings. The molecule has 0 bridgehead atoms. The van der Waals surface area contributed by atoms with Gasteiger partial charge in [-0.25, -0.2) is 4.98 Å². The lowest BCUT2D eigenvalue weighted by atomic mass is 10.1. The van der Waals surface area contributed by atoms with Crippen LogP contribution in [0.5, 0.6) is 0 Å². The Bertz CT molecular complexity index is 616. The summed E-state index contributed by atoms with van der Waals surface area (Å²) in [7, 11) is 1.88. The Morgan fingerprint density at radius 2 is 2.41 bits per heavy atom. The van der Waals surface area contributed by atoms with Crippen molar-refractivity contribution in [2.24, 2.45) is 7.05 Å². The van der Waals surface area contributed by atoms with E-state index in [1.165, 1.54) is 0 Å². The quantitative estimate of drug-likeness (QED) is 0.779. The van der Waals surface area contributed by atoms with Crippen molar-refractivity contribution >= 4 is 12.2 Å². The lowest BCUT2D eigenvalue weighted by Crippen LogP contribution is -2.14. The highest BCUT2D eigenvalue weighted by Crippen LogP contribution is 2.19. The summed E-state index contributed by atoms with van der Waals surface area (Å²) in [6, 6.07) is 1.92. The third kappa shape index (κ3) is 1.89. The molecule has 0 aromatic carbocycles. The fourth-order valence-corrected chi connectivity index (χ4v) is 2.19. The average Bonchev–Trinajstić information content (AvgIpc) is 2.76. The number of aromatic amines is 1. The molecule has 1 aliphatic heterocycles. The molecule has 6 heteroatoms. The molecule has 0 atom stereocenters.